The molecule has 3 aromatic rings. The number of nitriles is 1. The van der Waals surface area contributed by atoms with Gasteiger partial charge in [0, 0.05) is 11.6 Å². The van der Waals surface area contributed by atoms with Crippen LogP contribution in [0.2, 0.25) is 0 Å². The lowest BCUT2D eigenvalue weighted by Crippen LogP contribution is -2.46. The summed E-state index contributed by atoms with van der Waals surface area (Å²) in [6.07, 6.45) is 6.71. The first-order valence-electron chi connectivity index (χ1n) is 11.3. The molecular formula is C26H25FN4O2. The van der Waals surface area contributed by atoms with Crippen LogP contribution in [0, 0.1) is 34.9 Å². The molecule has 0 saturated heterocycles. The number of hydrogen-bond donors (Lipinski definition) is 2. The molecule has 5 atom stereocenters. The third kappa shape index (κ3) is 3.96. The molecular weight excluding hydrogens is 419 g/mol. The number of carbonyl (C=O) groups excluding carboxylic acids is 1. The molecule has 0 aliphatic heterocycles. The van der Waals surface area contributed by atoms with Crippen molar-refractivity contribution in [3.8, 4) is 6.07 Å². The molecule has 2 aliphatic rings. The molecule has 1 unspecified atom stereocenters. The predicted molar refractivity (Wildman–Crippen MR) is 122 cm³/mol. The first-order chi connectivity index (χ1) is 15.8. The highest BCUT2D eigenvalue weighted by Gasteiger charge is 2.50. The first kappa shape index (κ1) is 21.5. The van der Waals surface area contributed by atoms with Gasteiger partial charge in [-0.1, -0.05) is 0 Å². The molecule has 0 bridgehead atoms. The molecule has 2 aliphatic carbocycles. The van der Waals surface area contributed by atoms with E-state index < -0.39 is 11.5 Å². The first-order valence-corrected chi connectivity index (χ1v) is 11.3. The Kier molecular flexibility index (Phi) is 5.34. The molecule has 2 aromatic heterocycles. The number of nitrogens with one attached hydrogen (secondary N) is 1. The van der Waals surface area contributed by atoms with E-state index in [1.807, 2.05) is 12.1 Å². The van der Waals surface area contributed by atoms with E-state index in [2.05, 4.69) is 15.3 Å². The molecule has 0 spiro atoms. The Morgan fingerprint density at radius 3 is 2.58 bits per heavy atom. The second kappa shape index (κ2) is 8.20. The van der Waals surface area contributed by atoms with E-state index >= 15 is 0 Å². The summed E-state index contributed by atoms with van der Waals surface area (Å²) < 4.78 is 13.9. The van der Waals surface area contributed by atoms with Gasteiger partial charge in [-0.05, 0) is 98.2 Å². The van der Waals surface area contributed by atoms with Gasteiger partial charge >= 0.3 is 0 Å². The number of benzene rings is 1. The number of fused-ring (bicyclic) bond motifs is 2. The highest BCUT2D eigenvalue weighted by Crippen LogP contribution is 2.55. The largest absolute Gasteiger partial charge is 0.380 e. The van der Waals surface area contributed by atoms with E-state index in [9.17, 15) is 14.3 Å². The van der Waals surface area contributed by atoms with Gasteiger partial charge in [0.05, 0.1) is 17.4 Å². The van der Waals surface area contributed by atoms with E-state index in [0.29, 0.717) is 23.4 Å². The molecule has 2 N–H and O–H groups in total. The van der Waals surface area contributed by atoms with E-state index in [-0.39, 0.29) is 17.4 Å². The van der Waals surface area contributed by atoms with Crippen LogP contribution in [0.15, 0.2) is 48.8 Å². The lowest BCUT2D eigenvalue weighted by atomic mass is 9.83. The minimum atomic E-state index is -1.50. The maximum Gasteiger partial charge on any atom is 0.256 e. The van der Waals surface area contributed by atoms with E-state index in [4.69, 9.17) is 5.26 Å². The number of aliphatic hydroxyl groups is 1. The van der Waals surface area contributed by atoms with Crippen molar-refractivity contribution in [2.45, 2.75) is 44.1 Å². The second-order valence-electron chi connectivity index (χ2n) is 9.56. The summed E-state index contributed by atoms with van der Waals surface area (Å²) in [5, 5.41) is 23.6. The van der Waals surface area contributed by atoms with Crippen molar-refractivity contribution in [2.75, 3.05) is 5.32 Å². The number of anilines is 1. The van der Waals surface area contributed by atoms with Crippen molar-refractivity contribution in [3.05, 3.63) is 65.9 Å². The molecule has 168 valence electrons. The Morgan fingerprint density at radius 2 is 1.91 bits per heavy atom. The molecule has 2 fully saturated rings. The molecule has 0 radical (unpaired) electrons. The van der Waals surface area contributed by atoms with Gasteiger partial charge in [0.2, 0.25) is 0 Å². The van der Waals surface area contributed by atoms with Gasteiger partial charge in [-0.2, -0.15) is 5.26 Å². The van der Waals surface area contributed by atoms with Gasteiger partial charge < -0.3 is 10.4 Å². The number of pyridine rings is 2. The van der Waals surface area contributed by atoms with Crippen LogP contribution in [0.5, 0.6) is 0 Å². The molecule has 6 nitrogen and oxygen atoms in total. The number of carbonyl (C=O) groups is 1. The van der Waals surface area contributed by atoms with E-state index in [0.717, 1.165) is 42.1 Å². The smallest absolute Gasteiger partial charge is 0.256 e. The van der Waals surface area contributed by atoms with E-state index in [1.54, 1.807) is 31.3 Å². The number of rotatable bonds is 4. The van der Waals surface area contributed by atoms with Crippen LogP contribution in [0.1, 0.15) is 49.8 Å². The van der Waals surface area contributed by atoms with Crippen molar-refractivity contribution < 1.29 is 14.3 Å². The molecule has 1 aromatic carbocycles. The Hall–Kier alpha value is -3.37. The number of aromatic nitrogens is 2. The average Bonchev–Trinajstić information content (AvgIpc) is 3.39. The predicted octanol–water partition coefficient (Wildman–Crippen LogP) is 4.55. The van der Waals surface area contributed by atoms with Crippen LogP contribution in [0.4, 0.5) is 10.1 Å². The van der Waals surface area contributed by atoms with Gasteiger partial charge in [0.15, 0.2) is 0 Å². The molecule has 2 heterocycles. The van der Waals surface area contributed by atoms with Gasteiger partial charge in [0.25, 0.3) is 5.91 Å². The van der Waals surface area contributed by atoms with Crippen molar-refractivity contribution in [2.24, 2.45) is 17.8 Å². The Bertz CT molecular complexity index is 1240. The topological polar surface area (TPSA) is 98.9 Å². The lowest BCUT2D eigenvalue weighted by molar-refractivity contribution is -0.137. The van der Waals surface area contributed by atoms with Gasteiger partial charge in [0.1, 0.15) is 23.2 Å². The highest BCUT2D eigenvalue weighted by atomic mass is 19.1. The fraction of sp³-hybridized carbons (Fsp3) is 0.385. The summed E-state index contributed by atoms with van der Waals surface area (Å²) in [5.74, 6) is 0.337. The number of halogens is 1. The zero-order valence-electron chi connectivity index (χ0n) is 18.3. The maximum absolute atomic E-state index is 13.9. The molecule has 2 saturated carbocycles. The van der Waals surface area contributed by atoms with Crippen LogP contribution < -0.4 is 5.32 Å². The van der Waals surface area contributed by atoms with Crippen molar-refractivity contribution in [1.29, 1.82) is 5.26 Å². The van der Waals surface area contributed by atoms with Crippen LogP contribution in [0.3, 0.4) is 0 Å². The van der Waals surface area contributed by atoms with Crippen LogP contribution >= 0.6 is 0 Å². The highest BCUT2D eigenvalue weighted by molar-refractivity contribution is 5.97. The molecule has 5 rings (SSSR count). The zero-order valence-corrected chi connectivity index (χ0v) is 18.3. The third-order valence-electron chi connectivity index (χ3n) is 7.58. The number of hydrogen-bond acceptors (Lipinski definition) is 5. The normalized spacial score (nSPS) is 25.9. The molecule has 1 amide bonds. The van der Waals surface area contributed by atoms with Gasteiger partial charge in [-0.25, -0.2) is 9.37 Å². The standard InChI is InChI=1S/C26H25FN4O2/c1-26(33,25(32)31-21-4-3-20(13-28)30-14-21)18-10-15-8-17(9-16(15)11-18)22-6-7-29-24-5-2-19(27)12-23(22)24/h2-7,12,14-18,33H,8-11H2,1H3,(H,31,32)/t15-,16+,17-,18+,26?. The summed E-state index contributed by atoms with van der Waals surface area (Å²) >= 11 is 0. The van der Waals surface area contributed by atoms with Crippen molar-refractivity contribution in [1.82, 2.24) is 9.97 Å². The fourth-order valence-electron chi connectivity index (χ4n) is 5.80. The quantitative estimate of drug-likeness (QED) is 0.615. The summed E-state index contributed by atoms with van der Waals surface area (Å²) in [7, 11) is 0. The third-order valence-corrected chi connectivity index (χ3v) is 7.58. The Labute approximate surface area is 191 Å². The van der Waals surface area contributed by atoms with Crippen LogP contribution in [0.25, 0.3) is 10.9 Å². The van der Waals surface area contributed by atoms with E-state index in [1.165, 1.54) is 18.3 Å². The number of nitrogens with zero attached hydrogens (tertiary/aromatic N) is 3. The maximum atomic E-state index is 13.9. The SMILES string of the molecule is CC(O)(C(=O)Nc1ccc(C#N)nc1)[C@H]1C[C@H]2C[C@@H](c3ccnc4ccc(F)cc34)C[C@H]2C1. The minimum Gasteiger partial charge on any atom is -0.380 e. The summed E-state index contributed by atoms with van der Waals surface area (Å²) in [6.45, 7) is 1.59. The summed E-state index contributed by atoms with van der Waals surface area (Å²) in [5.41, 5.74) is 1.17. The lowest BCUT2D eigenvalue weighted by Gasteiger charge is -2.30. The van der Waals surface area contributed by atoms with Gasteiger partial charge in [-0.3, -0.25) is 9.78 Å². The Balaban J connectivity index is 1.27. The second-order valence-corrected chi connectivity index (χ2v) is 9.56. The molecule has 33 heavy (non-hydrogen) atoms. The summed E-state index contributed by atoms with van der Waals surface area (Å²) in [6, 6.07) is 11.8. The van der Waals surface area contributed by atoms with Crippen LogP contribution in [-0.4, -0.2) is 26.6 Å². The Morgan fingerprint density at radius 1 is 1.15 bits per heavy atom. The van der Waals surface area contributed by atoms with Crippen molar-refractivity contribution in [3.63, 3.8) is 0 Å². The van der Waals surface area contributed by atoms with Gasteiger partial charge in [-0.15, -0.1) is 0 Å². The molecule has 7 heteroatoms. The fourth-order valence-corrected chi connectivity index (χ4v) is 5.80. The zero-order chi connectivity index (χ0) is 23.2. The monoisotopic (exact) mass is 444 g/mol. The number of amides is 1. The minimum absolute atomic E-state index is 0.133. The van der Waals surface area contributed by atoms with Crippen LogP contribution in [-0.2, 0) is 4.79 Å². The average molecular weight is 445 g/mol. The van der Waals surface area contributed by atoms with Crippen molar-refractivity contribution >= 4 is 22.5 Å². The summed E-state index contributed by atoms with van der Waals surface area (Å²) in [4.78, 5) is 21.2.